The maximum atomic E-state index is 12.3. The van der Waals surface area contributed by atoms with Crippen LogP contribution in [0.1, 0.15) is 55.1 Å². The molecular formula is C17H23ClN4O. The molecule has 23 heavy (non-hydrogen) atoms. The fourth-order valence-electron chi connectivity index (χ4n) is 2.27. The Labute approximate surface area is 142 Å². The summed E-state index contributed by atoms with van der Waals surface area (Å²) in [5.74, 6) is -0.232. The quantitative estimate of drug-likeness (QED) is 0.933. The van der Waals surface area contributed by atoms with Crippen molar-refractivity contribution in [3.8, 4) is 0 Å². The van der Waals surface area contributed by atoms with Gasteiger partial charge in [-0.3, -0.25) is 14.5 Å². The minimum absolute atomic E-state index is 0.0145. The highest BCUT2D eigenvalue weighted by molar-refractivity contribution is 6.34. The molecule has 5 nitrogen and oxygen atoms in total. The summed E-state index contributed by atoms with van der Waals surface area (Å²) in [6.45, 7) is 8.71. The molecule has 0 fully saturated rings. The number of carbonyl (C=O) groups excluding carboxylic acids is 1. The highest BCUT2D eigenvalue weighted by atomic mass is 35.5. The molecule has 2 heterocycles. The highest BCUT2D eigenvalue weighted by Crippen LogP contribution is 2.21. The first-order chi connectivity index (χ1) is 10.7. The predicted molar refractivity (Wildman–Crippen MR) is 91.7 cm³/mol. The molecule has 0 atom stereocenters. The van der Waals surface area contributed by atoms with E-state index in [-0.39, 0.29) is 11.3 Å². The number of hydrogen-bond acceptors (Lipinski definition) is 3. The lowest BCUT2D eigenvalue weighted by Gasteiger charge is -2.17. The van der Waals surface area contributed by atoms with E-state index in [1.54, 1.807) is 13.2 Å². The van der Waals surface area contributed by atoms with Crippen molar-refractivity contribution in [3.63, 3.8) is 0 Å². The van der Waals surface area contributed by atoms with E-state index in [0.29, 0.717) is 23.7 Å². The van der Waals surface area contributed by atoms with Crippen molar-refractivity contribution < 1.29 is 4.79 Å². The number of nitrogens with one attached hydrogen (secondary N) is 1. The second-order valence-electron chi connectivity index (χ2n) is 6.57. The number of pyridine rings is 1. The lowest BCUT2D eigenvalue weighted by atomic mass is 9.91. The minimum Gasteiger partial charge on any atom is -0.347 e. The number of nitrogens with zero attached hydrogens (tertiary/aromatic N) is 3. The Bertz CT molecular complexity index is 699. The second-order valence-corrected chi connectivity index (χ2v) is 6.95. The topological polar surface area (TPSA) is 59.8 Å². The number of hydrogen-bond donors (Lipinski definition) is 1. The average Bonchev–Trinajstić information content (AvgIpc) is 2.78. The van der Waals surface area contributed by atoms with Gasteiger partial charge in [0.05, 0.1) is 10.7 Å². The largest absolute Gasteiger partial charge is 0.347 e. The summed E-state index contributed by atoms with van der Waals surface area (Å²) in [4.78, 5) is 16.8. The van der Waals surface area contributed by atoms with Crippen LogP contribution in [-0.2, 0) is 25.4 Å². The summed E-state index contributed by atoms with van der Waals surface area (Å²) >= 11 is 6.22. The molecule has 124 valence electrons. The van der Waals surface area contributed by atoms with E-state index >= 15 is 0 Å². The van der Waals surface area contributed by atoms with Crippen LogP contribution in [0.15, 0.2) is 18.3 Å². The van der Waals surface area contributed by atoms with E-state index in [1.165, 1.54) is 4.68 Å². The van der Waals surface area contributed by atoms with Crippen LogP contribution in [-0.4, -0.2) is 20.7 Å². The summed E-state index contributed by atoms with van der Waals surface area (Å²) in [5.41, 5.74) is 3.11. The smallest absolute Gasteiger partial charge is 0.271 e. The zero-order chi connectivity index (χ0) is 17.2. The third-order valence-electron chi connectivity index (χ3n) is 3.65. The number of halogens is 1. The minimum atomic E-state index is -0.232. The molecule has 0 aliphatic carbocycles. The van der Waals surface area contributed by atoms with Crippen molar-refractivity contribution in [2.24, 2.45) is 7.05 Å². The summed E-state index contributed by atoms with van der Waals surface area (Å²) in [5, 5.41) is 7.55. The Morgan fingerprint density at radius 1 is 1.35 bits per heavy atom. The third kappa shape index (κ3) is 3.91. The van der Waals surface area contributed by atoms with Crippen LogP contribution in [0.4, 0.5) is 0 Å². The van der Waals surface area contributed by atoms with Gasteiger partial charge in [-0.2, -0.15) is 5.10 Å². The molecular weight excluding hydrogens is 312 g/mol. The highest BCUT2D eigenvalue weighted by Gasteiger charge is 2.20. The van der Waals surface area contributed by atoms with E-state index in [2.05, 4.69) is 36.2 Å². The van der Waals surface area contributed by atoms with Crippen LogP contribution in [0.25, 0.3) is 0 Å². The van der Waals surface area contributed by atoms with Crippen molar-refractivity contribution in [1.29, 1.82) is 0 Å². The van der Waals surface area contributed by atoms with Crippen molar-refractivity contribution >= 4 is 17.5 Å². The standard InChI is InChI=1S/C17H23ClN4O/c1-6-12-14(18)15(22(5)21-12)16(23)20-10-11-7-8-13(19-9-11)17(2,3)4/h7-9H,6,10H2,1-5H3,(H,20,23). The van der Waals surface area contributed by atoms with Gasteiger partial charge in [-0.15, -0.1) is 0 Å². The van der Waals surface area contributed by atoms with E-state index in [0.717, 1.165) is 17.0 Å². The van der Waals surface area contributed by atoms with Crippen molar-refractivity contribution in [2.45, 2.75) is 46.1 Å². The maximum absolute atomic E-state index is 12.3. The molecule has 0 aromatic carbocycles. The van der Waals surface area contributed by atoms with Gasteiger partial charge in [0.2, 0.25) is 0 Å². The van der Waals surface area contributed by atoms with Crippen molar-refractivity contribution in [1.82, 2.24) is 20.1 Å². The van der Waals surface area contributed by atoms with Crippen LogP contribution < -0.4 is 5.32 Å². The van der Waals surface area contributed by atoms with Crippen LogP contribution in [0.2, 0.25) is 5.02 Å². The second kappa shape index (κ2) is 6.71. The first kappa shape index (κ1) is 17.5. The summed E-state index contributed by atoms with van der Waals surface area (Å²) < 4.78 is 1.53. The number of aryl methyl sites for hydroxylation is 2. The molecule has 0 aliphatic rings. The zero-order valence-electron chi connectivity index (χ0n) is 14.3. The SMILES string of the molecule is CCc1nn(C)c(C(=O)NCc2ccc(C(C)(C)C)nc2)c1Cl. The van der Waals surface area contributed by atoms with Crippen LogP contribution in [0, 0.1) is 0 Å². The molecule has 2 rings (SSSR count). The van der Waals surface area contributed by atoms with Gasteiger partial charge in [-0.1, -0.05) is 45.4 Å². The molecule has 0 spiro atoms. The third-order valence-corrected chi connectivity index (χ3v) is 4.05. The van der Waals surface area contributed by atoms with Crippen molar-refractivity contribution in [2.75, 3.05) is 0 Å². The number of amides is 1. The number of carbonyl (C=O) groups is 1. The summed E-state index contributed by atoms with van der Waals surface area (Å²) in [6.07, 6.45) is 2.49. The number of rotatable bonds is 4. The molecule has 2 aromatic rings. The lowest BCUT2D eigenvalue weighted by molar-refractivity contribution is 0.0941. The molecule has 1 amide bonds. The van der Waals surface area contributed by atoms with Gasteiger partial charge >= 0.3 is 0 Å². The monoisotopic (exact) mass is 334 g/mol. The van der Waals surface area contributed by atoms with Gasteiger partial charge in [-0.25, -0.2) is 0 Å². The summed E-state index contributed by atoms with van der Waals surface area (Å²) in [6, 6.07) is 3.98. The first-order valence-corrected chi connectivity index (χ1v) is 8.06. The normalized spacial score (nSPS) is 11.6. The van der Waals surface area contributed by atoms with Crippen LogP contribution in [0.3, 0.4) is 0 Å². The van der Waals surface area contributed by atoms with Gasteiger partial charge in [0.15, 0.2) is 0 Å². The van der Waals surface area contributed by atoms with Gasteiger partial charge in [0, 0.05) is 30.9 Å². The van der Waals surface area contributed by atoms with Gasteiger partial charge in [0.25, 0.3) is 5.91 Å². The predicted octanol–water partition coefficient (Wildman–Crippen LogP) is 3.26. The van der Waals surface area contributed by atoms with Crippen LogP contribution >= 0.6 is 11.6 Å². The Balaban J connectivity index is 2.06. The molecule has 1 N–H and O–H groups in total. The molecule has 0 radical (unpaired) electrons. The molecule has 0 bridgehead atoms. The average molecular weight is 335 g/mol. The maximum Gasteiger partial charge on any atom is 0.271 e. The Morgan fingerprint density at radius 3 is 2.52 bits per heavy atom. The molecule has 2 aromatic heterocycles. The van der Waals surface area contributed by atoms with Gasteiger partial charge < -0.3 is 5.32 Å². The molecule has 0 saturated heterocycles. The summed E-state index contributed by atoms with van der Waals surface area (Å²) in [7, 11) is 1.72. The van der Waals surface area contributed by atoms with E-state index in [1.807, 2.05) is 19.1 Å². The fourth-order valence-corrected chi connectivity index (χ4v) is 2.64. The molecule has 0 saturated carbocycles. The van der Waals surface area contributed by atoms with E-state index < -0.39 is 0 Å². The van der Waals surface area contributed by atoms with E-state index in [4.69, 9.17) is 11.6 Å². The molecule has 6 heteroatoms. The number of aromatic nitrogens is 3. The Hall–Kier alpha value is -1.88. The fraction of sp³-hybridized carbons (Fsp3) is 0.471. The molecule has 0 aliphatic heterocycles. The zero-order valence-corrected chi connectivity index (χ0v) is 15.0. The van der Waals surface area contributed by atoms with Gasteiger partial charge in [-0.05, 0) is 18.1 Å². The van der Waals surface area contributed by atoms with E-state index in [9.17, 15) is 4.79 Å². The Morgan fingerprint density at radius 2 is 2.04 bits per heavy atom. The van der Waals surface area contributed by atoms with Crippen LogP contribution in [0.5, 0.6) is 0 Å². The van der Waals surface area contributed by atoms with Crippen molar-refractivity contribution in [3.05, 3.63) is 46.0 Å². The van der Waals surface area contributed by atoms with Gasteiger partial charge in [0.1, 0.15) is 5.69 Å². The lowest BCUT2D eigenvalue weighted by Crippen LogP contribution is -2.25. The first-order valence-electron chi connectivity index (χ1n) is 7.69. The molecule has 0 unspecified atom stereocenters. The Kier molecular flexibility index (Phi) is 5.09.